The van der Waals surface area contributed by atoms with Crippen molar-refractivity contribution in [2.75, 3.05) is 0 Å². The number of carboxylic acids is 3. The number of carbonyl (C=O) groups excluding carboxylic acids is 4. The number of rotatable bonds is 15. The largest absolute Gasteiger partial charge is 0.481 e. The van der Waals surface area contributed by atoms with Crippen molar-refractivity contribution in [2.45, 2.75) is 63.7 Å². The van der Waals surface area contributed by atoms with Crippen LogP contribution in [-0.4, -0.2) is 81.0 Å². The summed E-state index contributed by atoms with van der Waals surface area (Å²) in [4.78, 5) is 81.5. The van der Waals surface area contributed by atoms with Crippen molar-refractivity contribution >= 4 is 41.5 Å². The lowest BCUT2D eigenvalue weighted by Crippen LogP contribution is -2.58. The van der Waals surface area contributed by atoms with Crippen LogP contribution >= 0.6 is 0 Å². The maximum absolute atomic E-state index is 12.6. The van der Waals surface area contributed by atoms with Gasteiger partial charge in [-0.15, -0.1) is 0 Å². The van der Waals surface area contributed by atoms with E-state index in [2.05, 4.69) is 5.32 Å². The van der Waals surface area contributed by atoms with Gasteiger partial charge in [-0.1, -0.05) is 13.8 Å². The van der Waals surface area contributed by atoms with E-state index in [4.69, 9.17) is 26.8 Å². The Labute approximate surface area is 188 Å². The normalized spacial score (nSPS) is 14.3. The van der Waals surface area contributed by atoms with Gasteiger partial charge >= 0.3 is 17.9 Å². The number of amides is 4. The molecule has 10 N–H and O–H groups in total. The number of nitrogens with two attached hydrogens (primary N) is 2. The molecule has 0 aromatic rings. The molecule has 0 aromatic carbocycles. The monoisotopic (exact) mass is 475 g/mol. The SMILES string of the molecule is CC(C)CC(N)C(=O)NC(CC(=O)O)C(=O)NC(CC(=O)O)C(=O)NC(CC(N)=O)C(=O)O. The molecule has 0 radical (unpaired) electrons. The Morgan fingerprint density at radius 1 is 0.697 bits per heavy atom. The first-order valence-electron chi connectivity index (χ1n) is 9.75. The Kier molecular flexibility index (Phi) is 12.1. The molecular weight excluding hydrogens is 446 g/mol. The highest BCUT2D eigenvalue weighted by atomic mass is 16.4. The minimum atomic E-state index is -1.86. The molecule has 4 atom stereocenters. The highest BCUT2D eigenvalue weighted by Gasteiger charge is 2.33. The second-order valence-electron chi connectivity index (χ2n) is 7.62. The van der Waals surface area contributed by atoms with Crippen LogP contribution in [0.2, 0.25) is 0 Å². The van der Waals surface area contributed by atoms with E-state index < -0.39 is 85.0 Å². The van der Waals surface area contributed by atoms with Gasteiger partial charge < -0.3 is 42.7 Å². The second-order valence-corrected chi connectivity index (χ2v) is 7.62. The minimum absolute atomic E-state index is 0.0173. The summed E-state index contributed by atoms with van der Waals surface area (Å²) in [5.74, 6) is -9.07. The third kappa shape index (κ3) is 12.0. The van der Waals surface area contributed by atoms with E-state index in [0.29, 0.717) is 0 Å². The number of hydrogen-bond donors (Lipinski definition) is 8. The first-order chi connectivity index (χ1) is 15.1. The fraction of sp³-hybridized carbons (Fsp3) is 0.611. The van der Waals surface area contributed by atoms with E-state index >= 15 is 0 Å². The van der Waals surface area contributed by atoms with E-state index in [9.17, 15) is 33.6 Å². The average Bonchev–Trinajstić information content (AvgIpc) is 2.64. The highest BCUT2D eigenvalue weighted by molar-refractivity contribution is 5.97. The fourth-order valence-corrected chi connectivity index (χ4v) is 2.61. The van der Waals surface area contributed by atoms with Gasteiger partial charge in [-0.3, -0.25) is 28.8 Å². The lowest BCUT2D eigenvalue weighted by atomic mass is 10.0. The third-order valence-corrected chi connectivity index (χ3v) is 4.11. The Morgan fingerprint density at radius 2 is 1.09 bits per heavy atom. The van der Waals surface area contributed by atoms with Crippen molar-refractivity contribution in [3.05, 3.63) is 0 Å². The summed E-state index contributed by atoms with van der Waals surface area (Å²) >= 11 is 0. The lowest BCUT2D eigenvalue weighted by molar-refractivity contribution is -0.145. The molecule has 4 amide bonds. The highest BCUT2D eigenvalue weighted by Crippen LogP contribution is 2.05. The molecule has 0 aliphatic heterocycles. The summed E-state index contributed by atoms with van der Waals surface area (Å²) in [5.41, 5.74) is 10.6. The fourth-order valence-electron chi connectivity index (χ4n) is 2.61. The minimum Gasteiger partial charge on any atom is -0.481 e. The first kappa shape index (κ1) is 29.2. The van der Waals surface area contributed by atoms with Crippen molar-refractivity contribution < 1.29 is 48.9 Å². The maximum Gasteiger partial charge on any atom is 0.326 e. The van der Waals surface area contributed by atoms with Crippen LogP contribution in [-0.2, 0) is 33.6 Å². The molecule has 4 unspecified atom stereocenters. The molecule has 33 heavy (non-hydrogen) atoms. The van der Waals surface area contributed by atoms with Crippen LogP contribution in [0.5, 0.6) is 0 Å². The molecular formula is C18H29N5O10. The molecule has 15 nitrogen and oxygen atoms in total. The summed E-state index contributed by atoms with van der Waals surface area (Å²) < 4.78 is 0. The van der Waals surface area contributed by atoms with Crippen molar-refractivity contribution in [1.82, 2.24) is 16.0 Å². The number of carbonyl (C=O) groups is 7. The smallest absolute Gasteiger partial charge is 0.326 e. The van der Waals surface area contributed by atoms with Gasteiger partial charge in [0.1, 0.15) is 18.1 Å². The van der Waals surface area contributed by atoms with Gasteiger partial charge in [0, 0.05) is 0 Å². The Balaban J connectivity index is 5.56. The summed E-state index contributed by atoms with van der Waals surface area (Å²) in [7, 11) is 0. The van der Waals surface area contributed by atoms with Crippen LogP contribution < -0.4 is 27.4 Å². The summed E-state index contributed by atoms with van der Waals surface area (Å²) in [5, 5.41) is 33.1. The summed E-state index contributed by atoms with van der Waals surface area (Å²) in [6, 6.07) is -6.43. The van der Waals surface area contributed by atoms with Crippen molar-refractivity contribution in [3.8, 4) is 0 Å². The number of aliphatic carboxylic acids is 3. The zero-order valence-electron chi connectivity index (χ0n) is 18.1. The number of carboxylic acid groups (broad SMARTS) is 3. The van der Waals surface area contributed by atoms with Crippen molar-refractivity contribution in [1.29, 1.82) is 0 Å². The maximum atomic E-state index is 12.6. The Morgan fingerprint density at radius 3 is 1.42 bits per heavy atom. The Hall–Kier alpha value is -3.75. The van der Waals surface area contributed by atoms with Crippen LogP contribution in [0, 0.1) is 5.92 Å². The van der Waals surface area contributed by atoms with Gasteiger partial charge in [0.15, 0.2) is 0 Å². The van der Waals surface area contributed by atoms with E-state index in [0.717, 1.165) is 0 Å². The summed E-state index contributed by atoms with van der Waals surface area (Å²) in [6.07, 6.45) is -2.50. The number of nitrogens with one attached hydrogen (secondary N) is 3. The van der Waals surface area contributed by atoms with E-state index in [1.165, 1.54) is 0 Å². The van der Waals surface area contributed by atoms with Crippen LogP contribution in [0.3, 0.4) is 0 Å². The van der Waals surface area contributed by atoms with Gasteiger partial charge in [-0.2, -0.15) is 0 Å². The van der Waals surface area contributed by atoms with Gasteiger partial charge in [-0.25, -0.2) is 4.79 Å². The number of hydrogen-bond acceptors (Lipinski definition) is 8. The summed E-state index contributed by atoms with van der Waals surface area (Å²) in [6.45, 7) is 3.57. The Bertz CT molecular complexity index is 785. The van der Waals surface area contributed by atoms with E-state index in [1.807, 2.05) is 10.6 Å². The van der Waals surface area contributed by atoms with Crippen LogP contribution in [0.15, 0.2) is 0 Å². The van der Waals surface area contributed by atoms with Gasteiger partial charge in [-0.05, 0) is 12.3 Å². The molecule has 15 heteroatoms. The van der Waals surface area contributed by atoms with Gasteiger partial charge in [0.05, 0.1) is 25.3 Å². The van der Waals surface area contributed by atoms with E-state index in [1.54, 1.807) is 13.8 Å². The molecule has 0 bridgehead atoms. The van der Waals surface area contributed by atoms with Crippen molar-refractivity contribution in [2.24, 2.45) is 17.4 Å². The molecule has 186 valence electrons. The molecule has 0 spiro atoms. The average molecular weight is 475 g/mol. The van der Waals surface area contributed by atoms with Gasteiger partial charge in [0.25, 0.3) is 0 Å². The molecule has 0 heterocycles. The molecule has 0 rings (SSSR count). The molecule has 0 saturated carbocycles. The van der Waals surface area contributed by atoms with Crippen LogP contribution in [0.25, 0.3) is 0 Å². The van der Waals surface area contributed by atoms with Crippen LogP contribution in [0.1, 0.15) is 39.5 Å². The molecule has 0 fully saturated rings. The van der Waals surface area contributed by atoms with Crippen LogP contribution in [0.4, 0.5) is 0 Å². The zero-order chi connectivity index (χ0) is 25.9. The second kappa shape index (κ2) is 13.6. The van der Waals surface area contributed by atoms with Gasteiger partial charge in [0.2, 0.25) is 23.6 Å². The molecule has 0 aliphatic rings. The van der Waals surface area contributed by atoms with E-state index in [-0.39, 0.29) is 12.3 Å². The quantitative estimate of drug-likeness (QED) is 0.116. The predicted octanol–water partition coefficient (Wildman–Crippen LogP) is -3.28. The topological polar surface area (TPSA) is 268 Å². The third-order valence-electron chi connectivity index (χ3n) is 4.11. The zero-order valence-corrected chi connectivity index (χ0v) is 18.1. The molecule has 0 aliphatic carbocycles. The molecule has 0 saturated heterocycles. The molecule has 0 aromatic heterocycles. The lowest BCUT2D eigenvalue weighted by Gasteiger charge is -2.24. The first-order valence-corrected chi connectivity index (χ1v) is 9.75. The predicted molar refractivity (Wildman–Crippen MR) is 109 cm³/mol. The van der Waals surface area contributed by atoms with Crippen molar-refractivity contribution in [3.63, 3.8) is 0 Å². The number of primary amides is 1. The standard InChI is InChI=1S/C18H29N5O10/c1-7(2)3-8(19)15(29)21-9(5-13(25)26)16(30)22-10(6-14(27)28)17(31)23-11(18(32)33)4-12(20)24/h7-11H,3-6,19H2,1-2H3,(H2,20,24)(H,21,29)(H,22,30)(H,23,31)(H,25,26)(H,27,28)(H,32,33).